The number of imidazole rings is 1. The van der Waals surface area contributed by atoms with Gasteiger partial charge in [-0.15, -0.1) is 0 Å². The Labute approximate surface area is 114 Å². The van der Waals surface area contributed by atoms with E-state index in [1.54, 1.807) is 6.20 Å². The number of rotatable bonds is 3. The Morgan fingerprint density at radius 3 is 2.32 bits per heavy atom. The second kappa shape index (κ2) is 4.60. The minimum absolute atomic E-state index is 0.0728. The fourth-order valence-electron chi connectivity index (χ4n) is 1.97. The van der Waals surface area contributed by atoms with Crippen LogP contribution in [0.4, 0.5) is 4.39 Å². The molecule has 1 unspecified atom stereocenters. The molecule has 1 aliphatic rings. The van der Waals surface area contributed by atoms with E-state index in [2.05, 4.69) is 4.98 Å². The largest absolute Gasteiger partial charge is 0.516 e. The van der Waals surface area contributed by atoms with Gasteiger partial charge in [-0.3, -0.25) is 0 Å². The molecule has 4 nitrogen and oxygen atoms in total. The summed E-state index contributed by atoms with van der Waals surface area (Å²) in [7, 11) is -0.607. The van der Waals surface area contributed by atoms with Crippen molar-refractivity contribution in [3.8, 4) is 0 Å². The molecule has 1 saturated heterocycles. The molecule has 0 aliphatic carbocycles. The molecule has 1 aromatic heterocycles. The highest BCUT2D eigenvalue weighted by atomic mass is 19.1. The zero-order valence-electron chi connectivity index (χ0n) is 12.5. The van der Waals surface area contributed by atoms with Gasteiger partial charge in [0.05, 0.1) is 16.8 Å². The van der Waals surface area contributed by atoms with E-state index in [4.69, 9.17) is 9.31 Å². The smallest absolute Gasteiger partial charge is 0.398 e. The topological polar surface area (TPSA) is 36.3 Å². The third-order valence-corrected chi connectivity index (χ3v) is 4.27. The predicted molar refractivity (Wildman–Crippen MR) is 72.9 cm³/mol. The summed E-state index contributed by atoms with van der Waals surface area (Å²) in [4.78, 5) is 3.94. The Morgan fingerprint density at radius 2 is 1.84 bits per heavy atom. The van der Waals surface area contributed by atoms with Crippen LogP contribution in [0.3, 0.4) is 0 Å². The van der Waals surface area contributed by atoms with Crippen molar-refractivity contribution in [1.82, 2.24) is 9.55 Å². The van der Waals surface area contributed by atoms with Gasteiger partial charge in [0.25, 0.3) is 6.08 Å². The van der Waals surface area contributed by atoms with Crippen LogP contribution in [-0.4, -0.2) is 27.9 Å². The lowest BCUT2D eigenvalue weighted by Gasteiger charge is -2.32. The van der Waals surface area contributed by atoms with Crippen LogP contribution in [0.5, 0.6) is 0 Å². The quantitative estimate of drug-likeness (QED) is 0.789. The van der Waals surface area contributed by atoms with E-state index >= 15 is 0 Å². The van der Waals surface area contributed by atoms with E-state index < -0.39 is 24.4 Å². The molecule has 0 radical (unpaired) electrons. The second-order valence-corrected chi connectivity index (χ2v) is 6.19. The van der Waals surface area contributed by atoms with E-state index in [1.165, 1.54) is 4.57 Å². The first kappa shape index (κ1) is 14.5. The number of aromatic nitrogens is 2. The number of hydrogen-bond acceptors (Lipinski definition) is 3. The molecule has 1 atom stereocenters. The van der Waals surface area contributed by atoms with Gasteiger partial charge in [0.2, 0.25) is 0 Å². The summed E-state index contributed by atoms with van der Waals surface area (Å²) in [6.45, 7) is 11.8. The summed E-state index contributed by atoms with van der Waals surface area (Å²) in [5, 5.41) is 0. The molecule has 19 heavy (non-hydrogen) atoms. The maximum absolute atomic E-state index is 13.8. The first-order chi connectivity index (χ1) is 8.68. The molecule has 0 saturated carbocycles. The van der Waals surface area contributed by atoms with Crippen LogP contribution < -0.4 is 5.59 Å². The molecule has 0 bridgehead atoms. The lowest BCUT2D eigenvalue weighted by molar-refractivity contribution is 0.00578. The average molecular weight is 268 g/mol. The van der Waals surface area contributed by atoms with Gasteiger partial charge in [-0.2, -0.15) is 4.39 Å². The zero-order valence-corrected chi connectivity index (χ0v) is 12.5. The average Bonchev–Trinajstić information content (AvgIpc) is 2.77. The summed E-state index contributed by atoms with van der Waals surface area (Å²) in [5.74, 6) is 0. The maximum Gasteiger partial charge on any atom is 0.516 e. The molecular formula is C13H22BFN2O2. The first-order valence-corrected chi connectivity index (χ1v) is 6.78. The predicted octanol–water partition coefficient (Wildman–Crippen LogP) is 2.29. The Kier molecular flexibility index (Phi) is 3.52. The number of nitrogens with zero attached hydrogens (tertiary/aromatic N) is 2. The van der Waals surface area contributed by atoms with E-state index in [-0.39, 0.29) is 6.04 Å². The van der Waals surface area contributed by atoms with Crippen molar-refractivity contribution < 1.29 is 13.7 Å². The summed E-state index contributed by atoms with van der Waals surface area (Å²) < 4.78 is 27.1. The summed E-state index contributed by atoms with van der Waals surface area (Å²) in [6.07, 6.45) is 2.04. The second-order valence-electron chi connectivity index (χ2n) is 6.19. The Morgan fingerprint density at radius 1 is 1.32 bits per heavy atom. The molecule has 1 aromatic rings. The van der Waals surface area contributed by atoms with Crippen molar-refractivity contribution in [3.05, 3.63) is 12.3 Å². The highest BCUT2D eigenvalue weighted by Crippen LogP contribution is 2.36. The monoisotopic (exact) mass is 268 g/mol. The van der Waals surface area contributed by atoms with Crippen LogP contribution in [0.1, 0.15) is 54.0 Å². The number of hydrogen-bond donors (Lipinski definition) is 0. The van der Waals surface area contributed by atoms with E-state index in [0.29, 0.717) is 5.59 Å². The van der Waals surface area contributed by atoms with Crippen molar-refractivity contribution in [2.24, 2.45) is 0 Å². The molecule has 0 amide bonds. The lowest BCUT2D eigenvalue weighted by atomic mass is 9.86. The van der Waals surface area contributed by atoms with Crippen molar-refractivity contribution in [2.45, 2.75) is 65.2 Å². The Hall–Kier alpha value is -0.875. The van der Waals surface area contributed by atoms with Gasteiger partial charge in [-0.1, -0.05) is 6.92 Å². The van der Waals surface area contributed by atoms with Crippen molar-refractivity contribution >= 4 is 12.7 Å². The molecule has 0 N–H and O–H groups in total. The summed E-state index contributed by atoms with van der Waals surface area (Å²) >= 11 is 0. The molecule has 2 rings (SSSR count). The molecular weight excluding hydrogens is 246 g/mol. The van der Waals surface area contributed by atoms with Crippen LogP contribution in [0.2, 0.25) is 0 Å². The molecule has 106 valence electrons. The van der Waals surface area contributed by atoms with Crippen LogP contribution in [0.25, 0.3) is 0 Å². The zero-order chi connectivity index (χ0) is 14.4. The van der Waals surface area contributed by atoms with Gasteiger partial charge in [0.1, 0.15) is 0 Å². The molecule has 0 spiro atoms. The normalized spacial score (nSPS) is 22.8. The van der Waals surface area contributed by atoms with Crippen molar-refractivity contribution in [3.63, 3.8) is 0 Å². The van der Waals surface area contributed by atoms with Crippen molar-refractivity contribution in [1.29, 1.82) is 0 Å². The third kappa shape index (κ3) is 2.43. The Balaban J connectivity index is 2.26. The van der Waals surface area contributed by atoms with E-state index in [9.17, 15) is 4.39 Å². The summed E-state index contributed by atoms with van der Waals surface area (Å²) in [6, 6.07) is 0.0728. The first-order valence-electron chi connectivity index (χ1n) is 6.78. The standard InChI is InChI=1S/C13H22BFN2O2/c1-7-9(2)17-8-10(16-11(17)15)14-18-12(3,4)13(5,6)19-14/h8-9H,7H2,1-6H3. The minimum atomic E-state index is -0.607. The van der Waals surface area contributed by atoms with Crippen LogP contribution >= 0.6 is 0 Å². The van der Waals surface area contributed by atoms with Gasteiger partial charge < -0.3 is 13.9 Å². The molecule has 6 heteroatoms. The summed E-state index contributed by atoms with van der Waals surface area (Å²) in [5.41, 5.74) is -0.376. The SMILES string of the molecule is CCC(C)n1cc(B2OC(C)(C)C(C)(C)O2)nc1F. The molecule has 1 fully saturated rings. The fourth-order valence-corrected chi connectivity index (χ4v) is 1.97. The van der Waals surface area contributed by atoms with Crippen LogP contribution in [0, 0.1) is 6.08 Å². The Bertz CT molecular complexity index is 457. The molecule has 0 aromatic carbocycles. The van der Waals surface area contributed by atoms with Gasteiger partial charge in [0.15, 0.2) is 0 Å². The van der Waals surface area contributed by atoms with Crippen molar-refractivity contribution in [2.75, 3.05) is 0 Å². The van der Waals surface area contributed by atoms with Crippen LogP contribution in [0.15, 0.2) is 6.20 Å². The van der Waals surface area contributed by atoms with Gasteiger partial charge in [0, 0.05) is 12.2 Å². The van der Waals surface area contributed by atoms with E-state index in [0.717, 1.165) is 6.42 Å². The number of halogens is 1. The van der Waals surface area contributed by atoms with Gasteiger partial charge in [-0.05, 0) is 41.0 Å². The fraction of sp³-hybridized carbons (Fsp3) is 0.769. The maximum atomic E-state index is 13.8. The minimum Gasteiger partial charge on any atom is -0.398 e. The highest BCUT2D eigenvalue weighted by Gasteiger charge is 2.52. The van der Waals surface area contributed by atoms with Gasteiger partial charge >= 0.3 is 7.12 Å². The van der Waals surface area contributed by atoms with E-state index in [1.807, 2.05) is 41.5 Å². The molecule has 1 aliphatic heterocycles. The molecule has 2 heterocycles. The highest BCUT2D eigenvalue weighted by molar-refractivity contribution is 6.61. The van der Waals surface area contributed by atoms with Gasteiger partial charge in [-0.25, -0.2) is 4.98 Å². The third-order valence-electron chi connectivity index (χ3n) is 4.27. The van der Waals surface area contributed by atoms with Crippen LogP contribution in [-0.2, 0) is 9.31 Å². The lowest BCUT2D eigenvalue weighted by Crippen LogP contribution is -2.41.